The van der Waals surface area contributed by atoms with E-state index in [4.69, 9.17) is 0 Å². The number of rotatable bonds is 7. The first kappa shape index (κ1) is 19.0. The van der Waals surface area contributed by atoms with Crippen LogP contribution in [0.1, 0.15) is 35.1 Å². The molecule has 5 heteroatoms. The minimum Gasteiger partial charge on any atom is -0.392 e. The third-order valence-electron chi connectivity index (χ3n) is 5.14. The van der Waals surface area contributed by atoms with Crippen LogP contribution in [0.2, 0.25) is 0 Å². The Morgan fingerprint density at radius 3 is 2.23 bits per heavy atom. The van der Waals surface area contributed by atoms with Crippen LogP contribution in [0.4, 0.5) is 0 Å². The zero-order chi connectivity index (χ0) is 18.5. The highest BCUT2D eigenvalue weighted by molar-refractivity contribution is 5.30. The number of aliphatic hydroxyl groups excluding tert-OH is 4. The van der Waals surface area contributed by atoms with Gasteiger partial charge in [0.25, 0.3) is 0 Å². The van der Waals surface area contributed by atoms with Gasteiger partial charge in [-0.05, 0) is 23.1 Å². The molecule has 1 aliphatic rings. The average Bonchev–Trinajstić information content (AvgIpc) is 3.07. The first-order chi connectivity index (χ1) is 12.6. The standard InChI is InChI=1S/C21H27NO4/c23-14-15-6-8-17(9-7-15)21(26)20(16-4-2-1-3-5-16)19(25)13-22-11-10-18(24)12-22/h1-9,18-21,23-26H,10-14H2. The van der Waals surface area contributed by atoms with Crippen molar-refractivity contribution >= 4 is 0 Å². The second kappa shape index (κ2) is 8.75. The number of hydrogen-bond donors (Lipinski definition) is 4. The highest BCUT2D eigenvalue weighted by atomic mass is 16.3. The Hall–Kier alpha value is -1.76. The Morgan fingerprint density at radius 2 is 1.65 bits per heavy atom. The van der Waals surface area contributed by atoms with Crippen LogP contribution in [0, 0.1) is 0 Å². The molecule has 1 fully saturated rings. The van der Waals surface area contributed by atoms with Crippen molar-refractivity contribution in [2.45, 2.75) is 37.3 Å². The number of nitrogens with zero attached hydrogens (tertiary/aromatic N) is 1. The van der Waals surface area contributed by atoms with Crippen LogP contribution >= 0.6 is 0 Å². The molecule has 2 aromatic rings. The molecule has 4 atom stereocenters. The van der Waals surface area contributed by atoms with E-state index in [1.165, 1.54) is 0 Å². The lowest BCUT2D eigenvalue weighted by Gasteiger charge is -2.31. The van der Waals surface area contributed by atoms with Crippen LogP contribution < -0.4 is 0 Å². The van der Waals surface area contributed by atoms with E-state index in [1.807, 2.05) is 35.2 Å². The van der Waals surface area contributed by atoms with E-state index in [2.05, 4.69) is 0 Å². The topological polar surface area (TPSA) is 84.2 Å². The maximum absolute atomic E-state index is 11.0. The van der Waals surface area contributed by atoms with Crippen LogP contribution in [0.15, 0.2) is 54.6 Å². The molecular weight excluding hydrogens is 330 g/mol. The van der Waals surface area contributed by atoms with Gasteiger partial charge in [-0.25, -0.2) is 0 Å². The summed E-state index contributed by atoms with van der Waals surface area (Å²) in [7, 11) is 0. The highest BCUT2D eigenvalue weighted by Crippen LogP contribution is 2.34. The van der Waals surface area contributed by atoms with E-state index >= 15 is 0 Å². The van der Waals surface area contributed by atoms with Crippen LogP contribution in [0.5, 0.6) is 0 Å². The molecule has 0 radical (unpaired) electrons. The van der Waals surface area contributed by atoms with Crippen molar-refractivity contribution in [3.8, 4) is 0 Å². The highest BCUT2D eigenvalue weighted by Gasteiger charge is 2.32. The maximum Gasteiger partial charge on any atom is 0.0883 e. The van der Waals surface area contributed by atoms with E-state index < -0.39 is 18.1 Å². The Morgan fingerprint density at radius 1 is 0.962 bits per heavy atom. The smallest absolute Gasteiger partial charge is 0.0883 e. The predicted octanol–water partition coefficient (Wildman–Crippen LogP) is 1.42. The molecule has 2 aromatic carbocycles. The Bertz CT molecular complexity index is 676. The molecule has 4 unspecified atom stereocenters. The lowest BCUT2D eigenvalue weighted by Crippen LogP contribution is -2.37. The second-order valence-corrected chi connectivity index (χ2v) is 7.05. The fraction of sp³-hybridized carbons (Fsp3) is 0.429. The third kappa shape index (κ3) is 4.50. The number of β-amino-alcohol motifs (C(OH)–C–C–N with tert-alkyl or cyclic N) is 2. The van der Waals surface area contributed by atoms with E-state index in [9.17, 15) is 20.4 Å². The molecule has 5 nitrogen and oxygen atoms in total. The number of likely N-dealkylation sites (tertiary alicyclic amines) is 1. The third-order valence-corrected chi connectivity index (χ3v) is 5.14. The van der Waals surface area contributed by atoms with E-state index in [0.29, 0.717) is 25.1 Å². The molecule has 0 saturated carbocycles. The minimum atomic E-state index is -0.868. The van der Waals surface area contributed by atoms with Crippen molar-refractivity contribution in [2.75, 3.05) is 19.6 Å². The second-order valence-electron chi connectivity index (χ2n) is 7.05. The van der Waals surface area contributed by atoms with Crippen LogP contribution in [0.25, 0.3) is 0 Å². The summed E-state index contributed by atoms with van der Waals surface area (Å²) < 4.78 is 0. The summed E-state index contributed by atoms with van der Waals surface area (Å²) >= 11 is 0. The zero-order valence-corrected chi connectivity index (χ0v) is 14.8. The van der Waals surface area contributed by atoms with Crippen molar-refractivity contribution < 1.29 is 20.4 Å². The van der Waals surface area contributed by atoms with Gasteiger partial charge in [-0.3, -0.25) is 4.90 Å². The van der Waals surface area contributed by atoms with Crippen LogP contribution in [0.3, 0.4) is 0 Å². The molecular formula is C21H27NO4. The maximum atomic E-state index is 11.0. The Labute approximate surface area is 154 Å². The average molecular weight is 357 g/mol. The molecule has 0 amide bonds. The van der Waals surface area contributed by atoms with E-state index in [0.717, 1.165) is 17.7 Å². The minimum absolute atomic E-state index is 0.0433. The van der Waals surface area contributed by atoms with Gasteiger partial charge >= 0.3 is 0 Å². The SMILES string of the molecule is OCc1ccc(C(O)C(c2ccccc2)C(O)CN2CCC(O)C2)cc1. The monoisotopic (exact) mass is 357 g/mol. The van der Waals surface area contributed by atoms with E-state index in [-0.39, 0.29) is 12.7 Å². The number of benzene rings is 2. The Balaban J connectivity index is 1.82. The lowest BCUT2D eigenvalue weighted by molar-refractivity contribution is 0.0312. The van der Waals surface area contributed by atoms with Crippen LogP contribution in [-0.2, 0) is 6.61 Å². The first-order valence-corrected chi connectivity index (χ1v) is 9.09. The van der Waals surface area contributed by atoms with Gasteiger partial charge in [-0.2, -0.15) is 0 Å². The molecule has 0 spiro atoms. The van der Waals surface area contributed by atoms with Crippen molar-refractivity contribution in [3.63, 3.8) is 0 Å². The number of aliphatic hydroxyl groups is 4. The largest absolute Gasteiger partial charge is 0.392 e. The van der Waals surface area contributed by atoms with Gasteiger partial charge in [0, 0.05) is 25.6 Å². The quantitative estimate of drug-likeness (QED) is 0.602. The zero-order valence-electron chi connectivity index (χ0n) is 14.8. The van der Waals surface area contributed by atoms with Gasteiger partial charge in [0.05, 0.1) is 24.9 Å². The molecule has 1 heterocycles. The predicted molar refractivity (Wildman–Crippen MR) is 99.6 cm³/mol. The van der Waals surface area contributed by atoms with Gasteiger partial charge < -0.3 is 20.4 Å². The van der Waals surface area contributed by atoms with Crippen molar-refractivity contribution in [2.24, 2.45) is 0 Å². The molecule has 1 saturated heterocycles. The van der Waals surface area contributed by atoms with Crippen molar-refractivity contribution in [3.05, 3.63) is 71.3 Å². The van der Waals surface area contributed by atoms with Gasteiger partial charge in [0.1, 0.15) is 0 Å². The summed E-state index contributed by atoms with van der Waals surface area (Å²) in [5.74, 6) is -0.478. The lowest BCUT2D eigenvalue weighted by atomic mass is 9.84. The van der Waals surface area contributed by atoms with E-state index in [1.54, 1.807) is 24.3 Å². The fourth-order valence-corrected chi connectivity index (χ4v) is 3.67. The van der Waals surface area contributed by atoms with Crippen LogP contribution in [-0.4, -0.2) is 57.2 Å². The number of hydrogen-bond acceptors (Lipinski definition) is 5. The summed E-state index contributed by atoms with van der Waals surface area (Å²) in [6, 6.07) is 16.7. The van der Waals surface area contributed by atoms with Crippen molar-refractivity contribution in [1.29, 1.82) is 0 Å². The summed E-state index contributed by atoms with van der Waals surface area (Å²) in [5.41, 5.74) is 2.36. The molecule has 1 aliphatic heterocycles. The Kier molecular flexibility index (Phi) is 6.40. The van der Waals surface area contributed by atoms with Gasteiger partial charge in [-0.15, -0.1) is 0 Å². The molecule has 0 aliphatic carbocycles. The molecule has 4 N–H and O–H groups in total. The van der Waals surface area contributed by atoms with Gasteiger partial charge in [-0.1, -0.05) is 54.6 Å². The van der Waals surface area contributed by atoms with Gasteiger partial charge in [0.2, 0.25) is 0 Å². The fourth-order valence-electron chi connectivity index (χ4n) is 3.67. The summed E-state index contributed by atoms with van der Waals surface area (Å²) in [6.45, 7) is 1.67. The molecule has 26 heavy (non-hydrogen) atoms. The first-order valence-electron chi connectivity index (χ1n) is 9.09. The molecule has 3 rings (SSSR count). The van der Waals surface area contributed by atoms with Gasteiger partial charge in [0.15, 0.2) is 0 Å². The summed E-state index contributed by atoms with van der Waals surface area (Å²) in [4.78, 5) is 2.03. The summed E-state index contributed by atoms with van der Waals surface area (Å²) in [6.07, 6.45) is -1.26. The summed E-state index contributed by atoms with van der Waals surface area (Å²) in [5, 5.41) is 40.8. The normalized spacial score (nSPS) is 21.5. The van der Waals surface area contributed by atoms with Crippen molar-refractivity contribution in [1.82, 2.24) is 4.90 Å². The molecule has 140 valence electrons. The molecule has 0 bridgehead atoms. The molecule has 0 aromatic heterocycles.